The van der Waals surface area contributed by atoms with E-state index in [2.05, 4.69) is 15.2 Å². The van der Waals surface area contributed by atoms with Crippen molar-refractivity contribution < 1.29 is 28.9 Å². The van der Waals surface area contributed by atoms with Gasteiger partial charge in [0.15, 0.2) is 5.56 Å². The Labute approximate surface area is 195 Å². The van der Waals surface area contributed by atoms with Crippen LogP contribution in [-0.4, -0.2) is 49.6 Å². The van der Waals surface area contributed by atoms with Crippen LogP contribution in [0.4, 0.5) is 0 Å². The topological polar surface area (TPSA) is 150 Å². The molecule has 0 bridgehead atoms. The highest BCUT2D eigenvalue weighted by Crippen LogP contribution is 2.35. The number of nitrogens with zero attached hydrogens (tertiary/aromatic N) is 4. The minimum atomic E-state index is -0.663. The number of methoxy groups -OCH3 is 1. The van der Waals surface area contributed by atoms with Crippen molar-refractivity contribution in [3.63, 3.8) is 0 Å². The predicted octanol–water partition coefficient (Wildman–Crippen LogP) is 1.94. The van der Waals surface area contributed by atoms with Crippen molar-refractivity contribution in [3.05, 3.63) is 45.8 Å². The van der Waals surface area contributed by atoms with Gasteiger partial charge in [-0.05, 0) is 25.3 Å². The molecule has 2 aromatic heterocycles. The van der Waals surface area contributed by atoms with Gasteiger partial charge >= 0.3 is 5.97 Å². The molecule has 1 fully saturated rings. The number of aliphatic hydroxyl groups excluding tert-OH is 1. The van der Waals surface area contributed by atoms with Crippen LogP contribution in [0.3, 0.4) is 0 Å². The number of ether oxygens (including phenoxy) is 2. The summed E-state index contributed by atoms with van der Waals surface area (Å²) in [6, 6.07) is 5.05. The molecule has 0 atom stereocenters. The first kappa shape index (κ1) is 23.4. The van der Waals surface area contributed by atoms with Gasteiger partial charge in [-0.1, -0.05) is 25.0 Å². The lowest BCUT2D eigenvalue weighted by atomic mass is 10.1. The number of esters is 1. The van der Waals surface area contributed by atoms with Crippen molar-refractivity contribution >= 4 is 5.97 Å². The summed E-state index contributed by atoms with van der Waals surface area (Å²) in [7, 11) is 1.46. The van der Waals surface area contributed by atoms with E-state index in [9.17, 15) is 19.8 Å². The summed E-state index contributed by atoms with van der Waals surface area (Å²) in [6.45, 7) is 1.53. The van der Waals surface area contributed by atoms with Gasteiger partial charge < -0.3 is 24.1 Å². The maximum Gasteiger partial charge on any atom is 0.315 e. The van der Waals surface area contributed by atoms with Gasteiger partial charge in [0.25, 0.3) is 11.4 Å². The fourth-order valence-electron chi connectivity index (χ4n) is 3.75. The van der Waals surface area contributed by atoms with Crippen LogP contribution in [0, 0.1) is 5.92 Å². The van der Waals surface area contributed by atoms with E-state index in [1.54, 1.807) is 25.1 Å². The van der Waals surface area contributed by atoms with E-state index in [1.165, 1.54) is 11.7 Å². The highest BCUT2D eigenvalue weighted by Gasteiger charge is 2.28. The van der Waals surface area contributed by atoms with Crippen LogP contribution in [0.25, 0.3) is 17.1 Å². The van der Waals surface area contributed by atoms with E-state index < -0.39 is 17.4 Å². The molecule has 1 aliphatic rings. The summed E-state index contributed by atoms with van der Waals surface area (Å²) in [6.07, 6.45) is 3.21. The smallest absolute Gasteiger partial charge is 0.315 e. The number of hydrogen-bond donors (Lipinski definition) is 2. The van der Waals surface area contributed by atoms with Crippen molar-refractivity contribution in [1.82, 2.24) is 19.7 Å². The van der Waals surface area contributed by atoms with E-state index in [0.717, 1.165) is 19.3 Å². The zero-order chi connectivity index (χ0) is 24.2. The number of benzene rings is 1. The molecular formula is C23H26N4O7. The Morgan fingerprint density at radius 1 is 1.29 bits per heavy atom. The van der Waals surface area contributed by atoms with Gasteiger partial charge in [0.05, 0.1) is 26.0 Å². The van der Waals surface area contributed by atoms with Gasteiger partial charge in [0.1, 0.15) is 18.0 Å². The van der Waals surface area contributed by atoms with E-state index in [0.29, 0.717) is 35.2 Å². The molecule has 1 saturated carbocycles. The third kappa shape index (κ3) is 4.79. The van der Waals surface area contributed by atoms with E-state index in [1.807, 2.05) is 0 Å². The van der Waals surface area contributed by atoms with Gasteiger partial charge in [0.2, 0.25) is 11.8 Å². The molecule has 34 heavy (non-hydrogen) atoms. The molecule has 0 saturated heterocycles. The average Bonchev–Trinajstić information content (AvgIpc) is 3.55. The summed E-state index contributed by atoms with van der Waals surface area (Å²) < 4.78 is 17.1. The first-order chi connectivity index (χ1) is 16.5. The minimum absolute atomic E-state index is 0.0649. The lowest BCUT2D eigenvalue weighted by Gasteiger charge is -2.19. The number of carbonyl (C=O) groups is 1. The van der Waals surface area contributed by atoms with Crippen LogP contribution in [-0.2, 0) is 29.0 Å². The van der Waals surface area contributed by atoms with Crippen LogP contribution < -0.4 is 10.3 Å². The van der Waals surface area contributed by atoms with Gasteiger partial charge in [0, 0.05) is 12.0 Å². The summed E-state index contributed by atoms with van der Waals surface area (Å²) in [5.74, 6) is -0.226. The molecule has 11 heteroatoms. The van der Waals surface area contributed by atoms with Crippen molar-refractivity contribution in [2.75, 3.05) is 13.7 Å². The maximum absolute atomic E-state index is 13.7. The predicted molar refractivity (Wildman–Crippen MR) is 119 cm³/mol. The highest BCUT2D eigenvalue weighted by atomic mass is 16.5. The fourth-order valence-corrected chi connectivity index (χ4v) is 3.75. The Morgan fingerprint density at radius 2 is 2.09 bits per heavy atom. The number of aromatic hydroxyl groups is 1. The number of carbonyl (C=O) groups excluding carboxylic acids is 1. The van der Waals surface area contributed by atoms with E-state index >= 15 is 0 Å². The Kier molecular flexibility index (Phi) is 6.92. The number of rotatable bonds is 10. The summed E-state index contributed by atoms with van der Waals surface area (Å²) in [5.41, 5.74) is -0.208. The molecule has 180 valence electrons. The second-order valence-corrected chi connectivity index (χ2v) is 7.96. The quantitative estimate of drug-likeness (QED) is 0.421. The molecule has 2 heterocycles. The van der Waals surface area contributed by atoms with Crippen molar-refractivity contribution in [3.8, 4) is 28.8 Å². The van der Waals surface area contributed by atoms with Crippen LogP contribution in [0.2, 0.25) is 0 Å². The van der Waals surface area contributed by atoms with Crippen molar-refractivity contribution in [2.24, 2.45) is 5.92 Å². The third-order valence-corrected chi connectivity index (χ3v) is 5.58. The number of hydrogen-bond acceptors (Lipinski definition) is 10. The lowest BCUT2D eigenvalue weighted by Crippen LogP contribution is -2.27. The first-order valence-electron chi connectivity index (χ1n) is 11.1. The Bertz CT molecular complexity index is 1220. The second kappa shape index (κ2) is 10.0. The fraction of sp³-hybridized carbons (Fsp3) is 0.435. The number of para-hydroxylation sites is 1. The largest absolute Gasteiger partial charge is 0.495 e. The highest BCUT2D eigenvalue weighted by molar-refractivity contribution is 5.71. The third-order valence-electron chi connectivity index (χ3n) is 5.58. The first-order valence-corrected chi connectivity index (χ1v) is 11.1. The second-order valence-electron chi connectivity index (χ2n) is 7.96. The molecule has 0 unspecified atom stereocenters. The number of aryl methyl sites for hydroxylation is 1. The molecule has 0 amide bonds. The van der Waals surface area contributed by atoms with E-state index in [4.69, 9.17) is 13.9 Å². The number of aliphatic hydroxyl groups is 1. The molecule has 11 nitrogen and oxygen atoms in total. The van der Waals surface area contributed by atoms with Crippen molar-refractivity contribution in [2.45, 2.75) is 45.6 Å². The zero-order valence-electron chi connectivity index (χ0n) is 19.0. The normalized spacial score (nSPS) is 13.1. The average molecular weight is 470 g/mol. The maximum atomic E-state index is 13.7. The molecule has 2 N–H and O–H groups in total. The Morgan fingerprint density at radius 3 is 2.76 bits per heavy atom. The molecule has 0 radical (unpaired) electrons. The minimum Gasteiger partial charge on any atom is -0.495 e. The molecule has 1 aliphatic carbocycles. The van der Waals surface area contributed by atoms with Gasteiger partial charge in [-0.15, -0.1) is 10.2 Å². The molecule has 0 aliphatic heterocycles. The monoisotopic (exact) mass is 470 g/mol. The molecular weight excluding hydrogens is 444 g/mol. The summed E-state index contributed by atoms with van der Waals surface area (Å²) in [5, 5.41) is 28.3. The summed E-state index contributed by atoms with van der Waals surface area (Å²) >= 11 is 0. The Hall–Kier alpha value is -3.73. The lowest BCUT2D eigenvalue weighted by molar-refractivity contribution is -0.142. The number of aromatic nitrogens is 4. The summed E-state index contributed by atoms with van der Waals surface area (Å²) in [4.78, 5) is 29.8. The van der Waals surface area contributed by atoms with Crippen molar-refractivity contribution in [1.29, 1.82) is 0 Å². The SMILES string of the molecule is CCOC(=O)Cc1nnc(-c2c(O)nc(CCC3CC3)n(-c3c(CO)cccc3OC)c2=O)o1. The standard InChI is InChI=1S/C23H26N4O7/c1-3-33-18(29)11-17-25-26-22(34-17)19-21(30)24-16(10-9-13-7-8-13)27(23(19)31)20-14(12-28)5-4-6-15(20)32-2/h4-6,13,28,30H,3,7-12H2,1-2H3. The van der Waals surface area contributed by atoms with Crippen LogP contribution in [0.5, 0.6) is 11.6 Å². The zero-order valence-corrected chi connectivity index (χ0v) is 19.0. The van der Waals surface area contributed by atoms with E-state index in [-0.39, 0.29) is 37.0 Å². The molecule has 1 aromatic carbocycles. The Balaban J connectivity index is 1.86. The van der Waals surface area contributed by atoms with Gasteiger partial charge in [-0.3, -0.25) is 14.2 Å². The van der Waals surface area contributed by atoms with Crippen LogP contribution in [0.1, 0.15) is 43.5 Å². The van der Waals surface area contributed by atoms with Gasteiger partial charge in [-0.25, -0.2) is 0 Å². The van der Waals surface area contributed by atoms with Crippen LogP contribution in [0.15, 0.2) is 27.4 Å². The molecule has 4 rings (SSSR count). The molecule has 3 aromatic rings. The van der Waals surface area contributed by atoms with Crippen LogP contribution >= 0.6 is 0 Å². The van der Waals surface area contributed by atoms with Gasteiger partial charge in [-0.2, -0.15) is 4.98 Å². The molecule has 0 spiro atoms.